The third-order valence-electron chi connectivity index (χ3n) is 2.51. The van der Waals surface area contributed by atoms with Gasteiger partial charge in [0, 0.05) is 18.7 Å². The first-order valence-corrected chi connectivity index (χ1v) is 5.76. The number of nitrogens with one attached hydrogen (secondary N) is 2. The molecule has 0 aliphatic heterocycles. The van der Waals surface area contributed by atoms with E-state index in [1.54, 1.807) is 7.11 Å². The molecule has 0 aliphatic carbocycles. The number of aliphatic imine (C=N–C) groups is 1. The zero-order chi connectivity index (χ0) is 13.5. The summed E-state index contributed by atoms with van der Waals surface area (Å²) in [5.41, 5.74) is 4.35. The van der Waals surface area contributed by atoms with Crippen LogP contribution in [0.3, 0.4) is 0 Å². The minimum Gasteiger partial charge on any atom is -0.383 e. The van der Waals surface area contributed by atoms with Gasteiger partial charge in [0.05, 0.1) is 18.8 Å². The first kappa shape index (κ1) is 14.5. The van der Waals surface area contributed by atoms with Crippen LogP contribution < -0.4 is 16.6 Å². The average molecular weight is 255 g/mol. The van der Waals surface area contributed by atoms with Crippen molar-refractivity contribution in [3.05, 3.63) is 17.0 Å². The monoisotopic (exact) mass is 255 g/mol. The van der Waals surface area contributed by atoms with Crippen LogP contribution in [0, 0.1) is 13.8 Å². The number of nitrogens with zero attached hydrogens (tertiary/aromatic N) is 2. The van der Waals surface area contributed by atoms with Crippen molar-refractivity contribution in [3.63, 3.8) is 0 Å². The molecule has 0 amide bonds. The molecular formula is C11H21N5O2. The fourth-order valence-electron chi connectivity index (χ4n) is 1.54. The molecule has 1 aromatic rings. The Kier molecular flexibility index (Phi) is 5.60. The smallest absolute Gasteiger partial charge is 0.206 e. The molecule has 1 atom stereocenters. The van der Waals surface area contributed by atoms with E-state index in [1.165, 1.54) is 0 Å². The first-order chi connectivity index (χ1) is 8.58. The van der Waals surface area contributed by atoms with Crippen LogP contribution in [0.25, 0.3) is 0 Å². The van der Waals surface area contributed by atoms with Crippen molar-refractivity contribution in [2.24, 2.45) is 10.8 Å². The fourth-order valence-corrected chi connectivity index (χ4v) is 1.54. The van der Waals surface area contributed by atoms with Crippen LogP contribution in [0.4, 0.5) is 0 Å². The van der Waals surface area contributed by atoms with E-state index >= 15 is 0 Å². The molecule has 0 fully saturated rings. The quantitative estimate of drug-likeness (QED) is 0.302. The Hall–Kier alpha value is -1.60. The highest BCUT2D eigenvalue weighted by Crippen LogP contribution is 2.12. The Labute approximate surface area is 107 Å². The van der Waals surface area contributed by atoms with E-state index in [-0.39, 0.29) is 6.04 Å². The second-order valence-electron chi connectivity index (χ2n) is 4.11. The minimum absolute atomic E-state index is 0.120. The Morgan fingerprint density at radius 2 is 2.28 bits per heavy atom. The predicted molar refractivity (Wildman–Crippen MR) is 68.9 cm³/mol. The highest BCUT2D eigenvalue weighted by molar-refractivity contribution is 5.79. The van der Waals surface area contributed by atoms with Crippen molar-refractivity contribution in [1.29, 1.82) is 0 Å². The van der Waals surface area contributed by atoms with Crippen LogP contribution in [-0.2, 0) is 11.3 Å². The number of hydrazine groups is 1. The molecule has 0 bridgehead atoms. The maximum absolute atomic E-state index is 5.41. The molecule has 1 rings (SSSR count). The van der Waals surface area contributed by atoms with E-state index in [0.29, 0.717) is 19.1 Å². The van der Waals surface area contributed by atoms with Gasteiger partial charge < -0.3 is 14.6 Å². The van der Waals surface area contributed by atoms with E-state index in [2.05, 4.69) is 20.9 Å². The topological polar surface area (TPSA) is 97.7 Å². The summed E-state index contributed by atoms with van der Waals surface area (Å²) in [6.45, 7) is 6.77. The Balaban J connectivity index is 2.63. The van der Waals surface area contributed by atoms with Gasteiger partial charge in [0.2, 0.25) is 5.96 Å². The van der Waals surface area contributed by atoms with Gasteiger partial charge >= 0.3 is 0 Å². The van der Waals surface area contributed by atoms with Crippen molar-refractivity contribution in [2.45, 2.75) is 33.4 Å². The van der Waals surface area contributed by atoms with Crippen LogP contribution in [-0.4, -0.2) is 30.9 Å². The number of guanidine groups is 1. The second-order valence-corrected chi connectivity index (χ2v) is 4.11. The molecule has 0 aliphatic rings. The van der Waals surface area contributed by atoms with Crippen molar-refractivity contribution >= 4 is 5.96 Å². The van der Waals surface area contributed by atoms with Crippen LogP contribution >= 0.6 is 0 Å². The van der Waals surface area contributed by atoms with Gasteiger partial charge in [-0.1, -0.05) is 5.16 Å². The standard InChI is InChI=1S/C11H21N5O2/c1-7(6-17-4)14-11(15-12)13-5-10-8(2)16-18-9(10)3/h7H,5-6,12H2,1-4H3,(H2,13,14,15). The van der Waals surface area contributed by atoms with Gasteiger partial charge in [0.25, 0.3) is 0 Å². The Morgan fingerprint density at radius 3 is 2.78 bits per heavy atom. The fraction of sp³-hybridized carbons (Fsp3) is 0.636. The first-order valence-electron chi connectivity index (χ1n) is 5.76. The van der Waals surface area contributed by atoms with Gasteiger partial charge in [-0.3, -0.25) is 5.43 Å². The highest BCUT2D eigenvalue weighted by Gasteiger charge is 2.09. The van der Waals surface area contributed by atoms with Gasteiger partial charge in [0.15, 0.2) is 0 Å². The molecule has 4 N–H and O–H groups in total. The third kappa shape index (κ3) is 4.01. The van der Waals surface area contributed by atoms with Crippen LogP contribution in [0.15, 0.2) is 9.52 Å². The molecular weight excluding hydrogens is 234 g/mol. The lowest BCUT2D eigenvalue weighted by molar-refractivity contribution is 0.179. The largest absolute Gasteiger partial charge is 0.383 e. The summed E-state index contributed by atoms with van der Waals surface area (Å²) in [5, 5.41) is 6.98. The van der Waals surface area contributed by atoms with Crippen molar-refractivity contribution < 1.29 is 9.26 Å². The lowest BCUT2D eigenvalue weighted by Gasteiger charge is -2.15. The lowest BCUT2D eigenvalue weighted by atomic mass is 10.2. The molecule has 18 heavy (non-hydrogen) atoms. The summed E-state index contributed by atoms with van der Waals surface area (Å²) in [4.78, 5) is 4.34. The molecule has 7 nitrogen and oxygen atoms in total. The zero-order valence-electron chi connectivity index (χ0n) is 11.3. The van der Waals surface area contributed by atoms with E-state index < -0.39 is 0 Å². The van der Waals surface area contributed by atoms with E-state index in [9.17, 15) is 0 Å². The number of ether oxygens (including phenoxy) is 1. The molecule has 0 radical (unpaired) electrons. The molecule has 0 spiro atoms. The number of hydrogen-bond acceptors (Lipinski definition) is 5. The molecule has 0 saturated carbocycles. The normalized spacial score (nSPS) is 13.5. The molecule has 1 heterocycles. The number of nitrogens with two attached hydrogens (primary N) is 1. The van der Waals surface area contributed by atoms with Crippen molar-refractivity contribution in [3.8, 4) is 0 Å². The number of aryl methyl sites for hydroxylation is 2. The van der Waals surface area contributed by atoms with Gasteiger partial charge in [-0.05, 0) is 20.8 Å². The van der Waals surface area contributed by atoms with Crippen molar-refractivity contribution in [2.75, 3.05) is 13.7 Å². The van der Waals surface area contributed by atoms with Crippen LogP contribution in [0.2, 0.25) is 0 Å². The Morgan fingerprint density at radius 1 is 1.56 bits per heavy atom. The molecule has 102 valence electrons. The van der Waals surface area contributed by atoms with Crippen LogP contribution in [0.1, 0.15) is 23.9 Å². The molecule has 7 heteroatoms. The van der Waals surface area contributed by atoms with Crippen LogP contribution in [0.5, 0.6) is 0 Å². The maximum Gasteiger partial charge on any atom is 0.206 e. The summed E-state index contributed by atoms with van der Waals surface area (Å²) >= 11 is 0. The molecule has 0 aromatic carbocycles. The van der Waals surface area contributed by atoms with Gasteiger partial charge in [-0.15, -0.1) is 0 Å². The lowest BCUT2D eigenvalue weighted by Crippen LogP contribution is -2.46. The van der Waals surface area contributed by atoms with Gasteiger partial charge in [-0.25, -0.2) is 10.8 Å². The highest BCUT2D eigenvalue weighted by atomic mass is 16.5. The Bertz CT molecular complexity index is 383. The summed E-state index contributed by atoms with van der Waals surface area (Å²) in [7, 11) is 1.65. The zero-order valence-corrected chi connectivity index (χ0v) is 11.3. The van der Waals surface area contributed by atoms with E-state index in [4.69, 9.17) is 15.1 Å². The predicted octanol–water partition coefficient (Wildman–Crippen LogP) is 0.235. The minimum atomic E-state index is 0.120. The molecule has 0 saturated heterocycles. The van der Waals surface area contributed by atoms with Gasteiger partial charge in [-0.2, -0.15) is 0 Å². The maximum atomic E-state index is 5.41. The summed E-state index contributed by atoms with van der Waals surface area (Å²) in [6, 6.07) is 0.120. The van der Waals surface area contributed by atoms with E-state index in [0.717, 1.165) is 17.0 Å². The summed E-state index contributed by atoms with van der Waals surface area (Å²) in [5.74, 6) is 6.70. The average Bonchev–Trinajstić information content (AvgIpc) is 2.65. The SMILES string of the molecule is COCC(C)NC(=NCc1c(C)noc1C)NN. The summed E-state index contributed by atoms with van der Waals surface area (Å²) in [6.07, 6.45) is 0. The number of rotatable bonds is 5. The number of aromatic nitrogens is 1. The number of methoxy groups -OCH3 is 1. The molecule has 1 aromatic heterocycles. The number of hydrogen-bond donors (Lipinski definition) is 3. The molecule has 1 unspecified atom stereocenters. The van der Waals surface area contributed by atoms with E-state index in [1.807, 2.05) is 20.8 Å². The second kappa shape index (κ2) is 6.97. The summed E-state index contributed by atoms with van der Waals surface area (Å²) < 4.78 is 10.1. The van der Waals surface area contributed by atoms with Crippen molar-refractivity contribution in [1.82, 2.24) is 15.9 Å². The third-order valence-corrected chi connectivity index (χ3v) is 2.51. The van der Waals surface area contributed by atoms with Gasteiger partial charge in [0.1, 0.15) is 5.76 Å².